The van der Waals surface area contributed by atoms with Gasteiger partial charge in [-0.15, -0.1) is 11.3 Å². The molecule has 5 rings (SSSR count). The van der Waals surface area contributed by atoms with Crippen LogP contribution in [0.3, 0.4) is 0 Å². The standard InChI is InChI=1S/C22H24N4O4S2/c27-26(28)17-7-8-19(21(15-17)32(29,30)25-11-3-4-12-25)24-13-9-16(10-14-24)22-23-18-5-1-2-6-20(18)31-22/h1-2,5-8,15-16H,3-4,9-14H2. The molecule has 1 aromatic heterocycles. The first kappa shape index (κ1) is 21.3. The Labute approximate surface area is 190 Å². The van der Waals surface area contributed by atoms with Crippen LogP contribution in [-0.2, 0) is 10.0 Å². The number of nitro groups is 1. The molecule has 2 fully saturated rings. The maximum atomic E-state index is 13.3. The second-order valence-corrected chi connectivity index (χ2v) is 11.3. The summed E-state index contributed by atoms with van der Waals surface area (Å²) in [5.41, 5.74) is 1.38. The van der Waals surface area contributed by atoms with Gasteiger partial charge < -0.3 is 4.90 Å². The van der Waals surface area contributed by atoms with E-state index in [0.717, 1.165) is 36.2 Å². The van der Waals surface area contributed by atoms with E-state index in [1.807, 2.05) is 18.2 Å². The predicted octanol–water partition coefficient (Wildman–Crippen LogP) is 4.37. The number of hydrogen-bond donors (Lipinski definition) is 0. The molecule has 0 atom stereocenters. The Kier molecular flexibility index (Phi) is 5.60. The van der Waals surface area contributed by atoms with Crippen LogP contribution in [0.5, 0.6) is 0 Å². The van der Waals surface area contributed by atoms with Crippen LogP contribution in [0.2, 0.25) is 0 Å². The highest BCUT2D eigenvalue weighted by molar-refractivity contribution is 7.89. The second-order valence-electron chi connectivity index (χ2n) is 8.30. The van der Waals surface area contributed by atoms with Gasteiger partial charge in [-0.05, 0) is 43.9 Å². The predicted molar refractivity (Wildman–Crippen MR) is 125 cm³/mol. The molecular formula is C22H24N4O4S2. The van der Waals surface area contributed by atoms with E-state index in [1.54, 1.807) is 17.4 Å². The topological polar surface area (TPSA) is 96.6 Å². The minimum Gasteiger partial charge on any atom is -0.370 e. The lowest BCUT2D eigenvalue weighted by Crippen LogP contribution is -2.35. The van der Waals surface area contributed by atoms with Gasteiger partial charge in [0.15, 0.2) is 0 Å². The molecule has 8 nitrogen and oxygen atoms in total. The minimum atomic E-state index is -3.78. The van der Waals surface area contributed by atoms with Crippen molar-refractivity contribution >= 4 is 43.0 Å². The first-order valence-electron chi connectivity index (χ1n) is 10.8. The number of hydrogen-bond acceptors (Lipinski definition) is 7. The number of para-hydroxylation sites is 1. The zero-order valence-corrected chi connectivity index (χ0v) is 19.1. The lowest BCUT2D eigenvalue weighted by molar-refractivity contribution is -0.385. The Bertz CT molecular complexity index is 1230. The van der Waals surface area contributed by atoms with Crippen LogP contribution < -0.4 is 4.90 Å². The summed E-state index contributed by atoms with van der Waals surface area (Å²) in [6.45, 7) is 2.29. The fraction of sp³-hybridized carbons (Fsp3) is 0.409. The number of piperidine rings is 1. The zero-order chi connectivity index (χ0) is 22.3. The molecule has 2 saturated heterocycles. The third kappa shape index (κ3) is 3.87. The van der Waals surface area contributed by atoms with Gasteiger partial charge in [-0.1, -0.05) is 12.1 Å². The molecule has 0 saturated carbocycles. The highest BCUT2D eigenvalue weighted by atomic mass is 32.2. The van der Waals surface area contributed by atoms with E-state index in [1.165, 1.54) is 21.1 Å². The number of rotatable bonds is 5. The van der Waals surface area contributed by atoms with E-state index < -0.39 is 14.9 Å². The van der Waals surface area contributed by atoms with E-state index in [0.29, 0.717) is 37.8 Å². The van der Waals surface area contributed by atoms with Gasteiger partial charge in [0.2, 0.25) is 10.0 Å². The van der Waals surface area contributed by atoms with Gasteiger partial charge in [0.05, 0.1) is 25.8 Å². The Balaban J connectivity index is 1.41. The normalized spacial score (nSPS) is 18.4. The summed E-state index contributed by atoms with van der Waals surface area (Å²) < 4.78 is 29.3. The molecule has 0 radical (unpaired) electrons. The van der Waals surface area contributed by atoms with E-state index in [2.05, 4.69) is 11.0 Å². The van der Waals surface area contributed by atoms with Crippen molar-refractivity contribution in [1.82, 2.24) is 9.29 Å². The average Bonchev–Trinajstić information content (AvgIpc) is 3.49. The number of fused-ring (bicyclic) bond motifs is 1. The fourth-order valence-electron chi connectivity index (χ4n) is 4.58. The third-order valence-corrected chi connectivity index (χ3v) is 9.46. The van der Waals surface area contributed by atoms with Crippen molar-refractivity contribution < 1.29 is 13.3 Å². The van der Waals surface area contributed by atoms with E-state index in [9.17, 15) is 18.5 Å². The molecule has 2 aromatic carbocycles. The third-order valence-electron chi connectivity index (χ3n) is 6.33. The molecule has 2 aliphatic rings. The molecule has 0 N–H and O–H groups in total. The van der Waals surface area contributed by atoms with Gasteiger partial charge in [-0.3, -0.25) is 10.1 Å². The van der Waals surface area contributed by atoms with Gasteiger partial charge in [-0.2, -0.15) is 4.31 Å². The molecular weight excluding hydrogens is 448 g/mol. The summed E-state index contributed by atoms with van der Waals surface area (Å²) in [7, 11) is -3.78. The number of aromatic nitrogens is 1. The monoisotopic (exact) mass is 472 g/mol. The molecule has 168 valence electrons. The van der Waals surface area contributed by atoms with E-state index in [4.69, 9.17) is 4.98 Å². The van der Waals surface area contributed by atoms with Crippen molar-refractivity contribution in [3.8, 4) is 0 Å². The molecule has 2 aliphatic heterocycles. The highest BCUT2D eigenvalue weighted by Gasteiger charge is 2.33. The number of sulfonamides is 1. The minimum absolute atomic E-state index is 0.0482. The summed E-state index contributed by atoms with van der Waals surface area (Å²) >= 11 is 1.72. The number of anilines is 1. The highest BCUT2D eigenvalue weighted by Crippen LogP contribution is 2.38. The number of nitro benzene ring substituents is 1. The first-order valence-corrected chi connectivity index (χ1v) is 13.1. The van der Waals surface area contributed by atoms with Gasteiger partial charge in [0, 0.05) is 44.2 Å². The average molecular weight is 473 g/mol. The first-order chi connectivity index (χ1) is 15.4. The van der Waals surface area contributed by atoms with Crippen molar-refractivity contribution in [2.45, 2.75) is 36.5 Å². The summed E-state index contributed by atoms with van der Waals surface area (Å²) in [5.74, 6) is 0.334. The summed E-state index contributed by atoms with van der Waals surface area (Å²) in [4.78, 5) is 17.7. The molecule has 0 amide bonds. The van der Waals surface area contributed by atoms with Crippen LogP contribution in [0, 0.1) is 10.1 Å². The van der Waals surface area contributed by atoms with Crippen LogP contribution in [0.4, 0.5) is 11.4 Å². The van der Waals surface area contributed by atoms with Crippen molar-refractivity contribution in [1.29, 1.82) is 0 Å². The summed E-state index contributed by atoms with van der Waals surface area (Å²) in [6.07, 6.45) is 3.36. The lowest BCUT2D eigenvalue weighted by Gasteiger charge is -2.34. The van der Waals surface area contributed by atoms with Crippen LogP contribution >= 0.6 is 11.3 Å². The van der Waals surface area contributed by atoms with Gasteiger partial charge >= 0.3 is 0 Å². The zero-order valence-electron chi connectivity index (χ0n) is 17.5. The van der Waals surface area contributed by atoms with Crippen molar-refractivity contribution in [2.75, 3.05) is 31.1 Å². The SMILES string of the molecule is O=[N+]([O-])c1ccc(N2CCC(c3nc4ccccc4s3)CC2)c(S(=O)(=O)N2CCCC2)c1. The Morgan fingerprint density at radius 2 is 1.75 bits per heavy atom. The van der Waals surface area contributed by atoms with Crippen LogP contribution in [0.1, 0.15) is 36.6 Å². The number of thiazole rings is 1. The van der Waals surface area contributed by atoms with Gasteiger partial charge in [-0.25, -0.2) is 13.4 Å². The van der Waals surface area contributed by atoms with Gasteiger partial charge in [0.25, 0.3) is 5.69 Å². The number of non-ortho nitro benzene ring substituents is 1. The van der Waals surface area contributed by atoms with Gasteiger partial charge in [0.1, 0.15) is 4.90 Å². The maximum Gasteiger partial charge on any atom is 0.270 e. The Morgan fingerprint density at radius 1 is 1.03 bits per heavy atom. The largest absolute Gasteiger partial charge is 0.370 e. The molecule has 0 spiro atoms. The van der Waals surface area contributed by atoms with Crippen LogP contribution in [0.15, 0.2) is 47.4 Å². The van der Waals surface area contributed by atoms with Crippen molar-refractivity contribution in [3.63, 3.8) is 0 Å². The smallest absolute Gasteiger partial charge is 0.270 e. The van der Waals surface area contributed by atoms with Crippen molar-refractivity contribution in [3.05, 3.63) is 57.6 Å². The molecule has 3 heterocycles. The van der Waals surface area contributed by atoms with Crippen LogP contribution in [-0.4, -0.2) is 48.8 Å². The maximum absolute atomic E-state index is 13.3. The summed E-state index contributed by atoms with van der Waals surface area (Å²) in [5, 5.41) is 12.5. The Morgan fingerprint density at radius 3 is 2.44 bits per heavy atom. The Hall–Kier alpha value is -2.56. The number of nitrogens with zero attached hydrogens (tertiary/aromatic N) is 4. The van der Waals surface area contributed by atoms with Crippen molar-refractivity contribution in [2.24, 2.45) is 0 Å². The second kappa shape index (κ2) is 8.42. The quantitative estimate of drug-likeness (QED) is 0.404. The number of benzene rings is 2. The van der Waals surface area contributed by atoms with E-state index in [-0.39, 0.29) is 10.6 Å². The molecule has 0 unspecified atom stereocenters. The summed E-state index contributed by atoms with van der Waals surface area (Å²) in [6, 6.07) is 12.3. The van der Waals surface area contributed by atoms with E-state index >= 15 is 0 Å². The lowest BCUT2D eigenvalue weighted by atomic mass is 9.97. The fourth-order valence-corrected chi connectivity index (χ4v) is 7.47. The molecule has 0 bridgehead atoms. The molecule has 0 aliphatic carbocycles. The van der Waals surface area contributed by atoms with Crippen LogP contribution in [0.25, 0.3) is 10.2 Å². The molecule has 32 heavy (non-hydrogen) atoms. The molecule has 10 heteroatoms. The molecule has 3 aromatic rings.